The lowest BCUT2D eigenvalue weighted by molar-refractivity contribution is -0.172. The molecule has 38 heavy (non-hydrogen) atoms. The fourth-order valence-corrected chi connectivity index (χ4v) is 6.80. The lowest BCUT2D eigenvalue weighted by Gasteiger charge is -2.31. The van der Waals surface area contributed by atoms with Crippen LogP contribution in [0.4, 0.5) is 4.39 Å². The molecule has 0 unspecified atom stereocenters. The molecule has 0 saturated heterocycles. The first-order valence-electron chi connectivity index (χ1n) is 13.5. The zero-order valence-electron chi connectivity index (χ0n) is 21.3. The smallest absolute Gasteiger partial charge is 0.343 e. The molecule has 0 radical (unpaired) electrons. The summed E-state index contributed by atoms with van der Waals surface area (Å²) in [5.74, 6) is -1.31. The molecule has 2 aromatic heterocycles. The standard InChI is InChI=1S/C29H30FN3O5/c1-2-29(37)20-12-22-24-23(13-32(22)26(35)19(20)14-38-27(29)36)33(21-8-7-16(30)11-18(21)25(24)34)15-28(9-10-28)31-17-5-3-4-6-17/h7-8,11-12,17,31,37H,2-6,9-10,13-15H2,1H3/t29-/m0/s1. The van der Waals surface area contributed by atoms with E-state index in [1.807, 2.05) is 0 Å². The molecule has 2 aliphatic heterocycles. The maximum atomic E-state index is 14.4. The van der Waals surface area contributed by atoms with Crippen LogP contribution in [-0.4, -0.2) is 31.8 Å². The van der Waals surface area contributed by atoms with Gasteiger partial charge in [-0.05, 0) is 56.4 Å². The summed E-state index contributed by atoms with van der Waals surface area (Å²) in [4.78, 5) is 40.0. The topological polar surface area (TPSA) is 103 Å². The Hall–Kier alpha value is -3.30. The third kappa shape index (κ3) is 3.31. The largest absolute Gasteiger partial charge is 0.458 e. The molecule has 0 amide bonds. The second-order valence-corrected chi connectivity index (χ2v) is 11.4. The molecule has 4 heterocycles. The summed E-state index contributed by atoms with van der Waals surface area (Å²) in [6.45, 7) is 2.21. The van der Waals surface area contributed by atoms with Gasteiger partial charge < -0.3 is 24.3 Å². The molecule has 0 bridgehead atoms. The van der Waals surface area contributed by atoms with Gasteiger partial charge in [0.25, 0.3) is 5.56 Å². The van der Waals surface area contributed by atoms with Gasteiger partial charge in [0, 0.05) is 29.1 Å². The summed E-state index contributed by atoms with van der Waals surface area (Å²) in [5, 5.41) is 15.3. The van der Waals surface area contributed by atoms with Crippen molar-refractivity contribution in [3.63, 3.8) is 0 Å². The van der Waals surface area contributed by atoms with Crippen LogP contribution in [0.25, 0.3) is 22.2 Å². The van der Waals surface area contributed by atoms with E-state index in [0.717, 1.165) is 25.7 Å². The minimum absolute atomic E-state index is 0.0249. The number of cyclic esters (lactones) is 1. The van der Waals surface area contributed by atoms with Crippen LogP contribution in [-0.2, 0) is 34.8 Å². The van der Waals surface area contributed by atoms with Gasteiger partial charge in [-0.25, -0.2) is 9.18 Å². The fourth-order valence-electron chi connectivity index (χ4n) is 6.80. The van der Waals surface area contributed by atoms with Crippen LogP contribution in [0.5, 0.6) is 0 Å². The first kappa shape index (κ1) is 23.8. The van der Waals surface area contributed by atoms with Gasteiger partial charge in [-0.2, -0.15) is 0 Å². The molecule has 1 atom stereocenters. The maximum Gasteiger partial charge on any atom is 0.343 e. The van der Waals surface area contributed by atoms with Gasteiger partial charge in [-0.15, -0.1) is 0 Å². The molecule has 4 aliphatic rings. The molecular weight excluding hydrogens is 489 g/mol. The molecular formula is C29H30FN3O5. The maximum absolute atomic E-state index is 14.4. The number of benzene rings is 1. The Morgan fingerprint density at radius 2 is 1.92 bits per heavy atom. The normalized spacial score (nSPS) is 23.3. The fraction of sp³-hybridized carbons (Fsp3) is 0.483. The van der Waals surface area contributed by atoms with Crippen LogP contribution in [0.2, 0.25) is 0 Å². The Bertz CT molecular complexity index is 1650. The number of esters is 1. The Morgan fingerprint density at radius 1 is 1.16 bits per heavy atom. The molecule has 9 heteroatoms. The molecule has 0 spiro atoms. The third-order valence-electron chi connectivity index (χ3n) is 9.12. The summed E-state index contributed by atoms with van der Waals surface area (Å²) in [6.07, 6.45) is 6.81. The first-order valence-corrected chi connectivity index (χ1v) is 13.5. The van der Waals surface area contributed by atoms with Crippen LogP contribution in [0.1, 0.15) is 68.7 Å². The van der Waals surface area contributed by atoms with Crippen LogP contribution in [0.3, 0.4) is 0 Å². The monoisotopic (exact) mass is 519 g/mol. The SMILES string of the molecule is CC[C@@]1(O)C(=O)OCc2c1cc1n(c2=O)Cc2c-1c(=O)c1cc(F)ccc1n2CC1(NC2CCCC2)CC1. The molecule has 2 N–H and O–H groups in total. The van der Waals surface area contributed by atoms with Crippen LogP contribution >= 0.6 is 0 Å². The van der Waals surface area contributed by atoms with Crippen molar-refractivity contribution in [1.82, 2.24) is 14.5 Å². The number of carbonyl (C=O) groups is 1. The number of fused-ring (bicyclic) bond motifs is 5. The van der Waals surface area contributed by atoms with Crippen LogP contribution in [0.15, 0.2) is 33.9 Å². The van der Waals surface area contributed by atoms with E-state index in [2.05, 4.69) is 9.88 Å². The van der Waals surface area contributed by atoms with E-state index in [-0.39, 0.29) is 52.6 Å². The van der Waals surface area contributed by atoms with Gasteiger partial charge in [0.2, 0.25) is 0 Å². The average Bonchev–Trinajstić information content (AvgIpc) is 3.27. The molecule has 198 valence electrons. The number of carbonyl (C=O) groups excluding carboxylic acids is 1. The van der Waals surface area contributed by atoms with Crippen molar-refractivity contribution in [2.24, 2.45) is 0 Å². The van der Waals surface area contributed by atoms with Crippen molar-refractivity contribution in [3.05, 3.63) is 67.5 Å². The third-order valence-corrected chi connectivity index (χ3v) is 9.12. The average molecular weight is 520 g/mol. The highest BCUT2D eigenvalue weighted by molar-refractivity contribution is 5.88. The summed E-state index contributed by atoms with van der Waals surface area (Å²) in [6, 6.07) is 6.34. The molecule has 8 nitrogen and oxygen atoms in total. The molecule has 1 aromatic carbocycles. The van der Waals surface area contributed by atoms with Crippen molar-refractivity contribution in [1.29, 1.82) is 0 Å². The highest BCUT2D eigenvalue weighted by Crippen LogP contribution is 2.43. The number of halogens is 1. The van der Waals surface area contributed by atoms with E-state index in [9.17, 15) is 23.9 Å². The lowest BCUT2D eigenvalue weighted by atomic mass is 9.85. The number of ether oxygens (including phenoxy) is 1. The van der Waals surface area contributed by atoms with Gasteiger partial charge in [0.05, 0.1) is 34.6 Å². The van der Waals surface area contributed by atoms with E-state index < -0.39 is 17.4 Å². The highest BCUT2D eigenvalue weighted by Gasteiger charge is 2.47. The first-order chi connectivity index (χ1) is 18.2. The Kier molecular flexibility index (Phi) is 5.07. The number of aromatic nitrogens is 2. The summed E-state index contributed by atoms with van der Waals surface area (Å²) in [7, 11) is 0. The molecule has 3 aromatic rings. The summed E-state index contributed by atoms with van der Waals surface area (Å²) < 4.78 is 23.2. The van der Waals surface area contributed by atoms with Gasteiger partial charge >= 0.3 is 5.97 Å². The number of nitrogens with zero attached hydrogens (tertiary/aromatic N) is 2. The quantitative estimate of drug-likeness (QED) is 0.393. The second-order valence-electron chi connectivity index (χ2n) is 11.4. The van der Waals surface area contributed by atoms with Crippen molar-refractivity contribution < 1.29 is 19.0 Å². The zero-order valence-corrected chi connectivity index (χ0v) is 21.3. The Labute approximate surface area is 218 Å². The van der Waals surface area contributed by atoms with Crippen LogP contribution in [0, 0.1) is 5.82 Å². The number of hydrogen-bond donors (Lipinski definition) is 2. The number of hydrogen-bond acceptors (Lipinski definition) is 6. The highest BCUT2D eigenvalue weighted by atomic mass is 19.1. The van der Waals surface area contributed by atoms with E-state index in [1.165, 1.54) is 29.5 Å². The van der Waals surface area contributed by atoms with Gasteiger partial charge in [-0.3, -0.25) is 9.59 Å². The second kappa shape index (κ2) is 8.10. The van der Waals surface area contributed by atoms with Crippen molar-refractivity contribution in [3.8, 4) is 11.3 Å². The Morgan fingerprint density at radius 3 is 2.63 bits per heavy atom. The number of nitrogens with one attached hydrogen (secondary N) is 1. The Balaban J connectivity index is 1.44. The lowest BCUT2D eigenvalue weighted by Crippen LogP contribution is -2.44. The van der Waals surface area contributed by atoms with Gasteiger partial charge in [-0.1, -0.05) is 19.8 Å². The zero-order chi connectivity index (χ0) is 26.4. The van der Waals surface area contributed by atoms with Crippen molar-refractivity contribution >= 4 is 16.9 Å². The molecule has 7 rings (SSSR count). The van der Waals surface area contributed by atoms with Gasteiger partial charge in [0.1, 0.15) is 12.4 Å². The van der Waals surface area contributed by atoms with E-state index in [4.69, 9.17) is 4.74 Å². The summed E-state index contributed by atoms with van der Waals surface area (Å²) >= 11 is 0. The van der Waals surface area contributed by atoms with E-state index >= 15 is 0 Å². The predicted octanol–water partition coefficient (Wildman–Crippen LogP) is 3.05. The van der Waals surface area contributed by atoms with Crippen molar-refractivity contribution in [2.45, 2.75) is 88.7 Å². The number of aliphatic hydroxyl groups is 1. The van der Waals surface area contributed by atoms with Gasteiger partial charge in [0.15, 0.2) is 11.0 Å². The van der Waals surface area contributed by atoms with Crippen molar-refractivity contribution in [2.75, 3.05) is 0 Å². The molecule has 2 saturated carbocycles. The number of pyridine rings is 2. The summed E-state index contributed by atoms with van der Waals surface area (Å²) in [5.41, 5.74) is -0.376. The van der Waals surface area contributed by atoms with Crippen LogP contribution < -0.4 is 16.3 Å². The van der Waals surface area contributed by atoms with E-state index in [1.54, 1.807) is 19.1 Å². The minimum Gasteiger partial charge on any atom is -0.458 e. The molecule has 2 aliphatic carbocycles. The predicted molar refractivity (Wildman–Crippen MR) is 138 cm³/mol. The molecule has 2 fully saturated rings. The minimum atomic E-state index is -1.96. The number of rotatable bonds is 5. The van der Waals surface area contributed by atoms with E-state index in [0.29, 0.717) is 35.1 Å².